The Labute approximate surface area is 100.0 Å². The van der Waals surface area contributed by atoms with E-state index in [2.05, 4.69) is 56.1 Å². The van der Waals surface area contributed by atoms with E-state index in [9.17, 15) is 0 Å². The Morgan fingerprint density at radius 1 is 1.12 bits per heavy atom. The van der Waals surface area contributed by atoms with Crippen LogP contribution in [0.5, 0.6) is 0 Å². The van der Waals surface area contributed by atoms with Crippen LogP contribution in [0.2, 0.25) is 13.1 Å². The molecule has 0 atom stereocenters. The van der Waals surface area contributed by atoms with Crippen LogP contribution in [0.1, 0.15) is 19.8 Å². The highest BCUT2D eigenvalue weighted by molar-refractivity contribution is 6.84. The molecule has 1 rings (SSSR count). The summed E-state index contributed by atoms with van der Waals surface area (Å²) in [7, 11) is -1.74. The van der Waals surface area contributed by atoms with E-state index in [0.717, 1.165) is 12.8 Å². The van der Waals surface area contributed by atoms with Crippen LogP contribution in [0, 0.1) is 11.8 Å². The van der Waals surface area contributed by atoms with E-state index in [-0.39, 0.29) is 0 Å². The summed E-state index contributed by atoms with van der Waals surface area (Å²) in [6, 6.07) is 10.5. The molecule has 0 saturated carbocycles. The van der Waals surface area contributed by atoms with E-state index in [1.807, 2.05) is 6.07 Å². The SMILES string of the molecule is CCCC#CCO[Si](C)(C)c1ccccc1. The molecule has 0 bridgehead atoms. The van der Waals surface area contributed by atoms with E-state index in [1.165, 1.54) is 5.19 Å². The third-order valence-electron chi connectivity index (χ3n) is 2.47. The van der Waals surface area contributed by atoms with E-state index in [0.29, 0.717) is 6.61 Å². The van der Waals surface area contributed by atoms with Crippen molar-refractivity contribution in [3.8, 4) is 11.8 Å². The number of hydrogen-bond donors (Lipinski definition) is 0. The molecule has 0 amide bonds. The summed E-state index contributed by atoms with van der Waals surface area (Å²) in [5, 5.41) is 1.33. The Kier molecular flexibility index (Phi) is 5.31. The third kappa shape index (κ3) is 4.22. The number of unbranched alkanes of at least 4 members (excludes halogenated alkanes) is 1. The standard InChI is InChI=1S/C14H20OSi/c1-4-5-6-10-13-15-16(2,3)14-11-8-7-9-12-14/h7-9,11-12H,4-5,13H2,1-3H3. The highest BCUT2D eigenvalue weighted by Crippen LogP contribution is 2.04. The van der Waals surface area contributed by atoms with Crippen LogP contribution < -0.4 is 5.19 Å². The van der Waals surface area contributed by atoms with Gasteiger partial charge in [-0.25, -0.2) is 0 Å². The van der Waals surface area contributed by atoms with E-state index >= 15 is 0 Å². The van der Waals surface area contributed by atoms with E-state index < -0.39 is 8.32 Å². The lowest BCUT2D eigenvalue weighted by atomic mass is 10.3. The van der Waals surface area contributed by atoms with E-state index in [4.69, 9.17) is 4.43 Å². The summed E-state index contributed by atoms with van der Waals surface area (Å²) in [4.78, 5) is 0. The van der Waals surface area contributed by atoms with Crippen molar-refractivity contribution in [2.75, 3.05) is 6.61 Å². The van der Waals surface area contributed by atoms with Gasteiger partial charge in [-0.1, -0.05) is 43.2 Å². The van der Waals surface area contributed by atoms with Crippen LogP contribution in [-0.4, -0.2) is 14.9 Å². The third-order valence-corrected chi connectivity index (χ3v) is 5.06. The first-order valence-electron chi connectivity index (χ1n) is 5.82. The summed E-state index contributed by atoms with van der Waals surface area (Å²) in [5.41, 5.74) is 0. The summed E-state index contributed by atoms with van der Waals surface area (Å²) in [6.07, 6.45) is 2.09. The topological polar surface area (TPSA) is 9.23 Å². The van der Waals surface area contributed by atoms with Crippen LogP contribution in [0.25, 0.3) is 0 Å². The van der Waals surface area contributed by atoms with Gasteiger partial charge in [-0.15, -0.1) is 5.92 Å². The molecule has 0 aliphatic rings. The van der Waals surface area contributed by atoms with Gasteiger partial charge >= 0.3 is 0 Å². The van der Waals surface area contributed by atoms with Gasteiger partial charge in [-0.2, -0.15) is 0 Å². The molecule has 0 fully saturated rings. The largest absolute Gasteiger partial charge is 0.402 e. The predicted molar refractivity (Wildman–Crippen MR) is 72.2 cm³/mol. The van der Waals surface area contributed by atoms with Crippen molar-refractivity contribution in [3.05, 3.63) is 30.3 Å². The maximum Gasteiger partial charge on any atom is 0.219 e. The Morgan fingerprint density at radius 2 is 1.81 bits per heavy atom. The molecular weight excluding hydrogens is 212 g/mol. The lowest BCUT2D eigenvalue weighted by Gasteiger charge is -2.21. The molecule has 0 aliphatic heterocycles. The summed E-state index contributed by atoms with van der Waals surface area (Å²) in [5.74, 6) is 6.18. The average molecular weight is 232 g/mol. The van der Waals surface area contributed by atoms with Gasteiger partial charge in [0.05, 0.1) is 6.61 Å². The van der Waals surface area contributed by atoms with Crippen molar-refractivity contribution in [1.29, 1.82) is 0 Å². The normalized spacial score (nSPS) is 10.7. The van der Waals surface area contributed by atoms with Gasteiger partial charge in [-0.3, -0.25) is 0 Å². The Balaban J connectivity index is 2.50. The maximum absolute atomic E-state index is 5.93. The molecule has 1 aromatic carbocycles. The Hall–Kier alpha value is -1.04. The van der Waals surface area contributed by atoms with Crippen molar-refractivity contribution in [2.24, 2.45) is 0 Å². The van der Waals surface area contributed by atoms with Gasteiger partial charge in [0.25, 0.3) is 0 Å². The van der Waals surface area contributed by atoms with Crippen molar-refractivity contribution in [2.45, 2.75) is 32.9 Å². The van der Waals surface area contributed by atoms with Crippen LogP contribution in [0.15, 0.2) is 30.3 Å². The Bertz CT molecular complexity index is 359. The van der Waals surface area contributed by atoms with Crippen LogP contribution in [-0.2, 0) is 4.43 Å². The molecule has 1 aromatic rings. The van der Waals surface area contributed by atoms with Crippen molar-refractivity contribution < 1.29 is 4.43 Å². The van der Waals surface area contributed by atoms with Crippen molar-refractivity contribution in [1.82, 2.24) is 0 Å². The van der Waals surface area contributed by atoms with Gasteiger partial charge < -0.3 is 4.43 Å². The minimum atomic E-state index is -1.74. The number of hydrogen-bond acceptors (Lipinski definition) is 1. The van der Waals surface area contributed by atoms with Gasteiger partial charge in [0, 0.05) is 6.42 Å². The minimum Gasteiger partial charge on any atom is -0.402 e. The zero-order valence-electron chi connectivity index (χ0n) is 10.4. The maximum atomic E-state index is 5.93. The molecule has 0 aromatic heterocycles. The molecule has 0 heterocycles. The highest BCUT2D eigenvalue weighted by atomic mass is 28.4. The second-order valence-corrected chi connectivity index (χ2v) is 8.16. The molecule has 16 heavy (non-hydrogen) atoms. The molecule has 0 unspecified atom stereocenters. The van der Waals surface area contributed by atoms with Crippen LogP contribution in [0.3, 0.4) is 0 Å². The second-order valence-electron chi connectivity index (χ2n) is 4.27. The molecule has 0 aliphatic carbocycles. The van der Waals surface area contributed by atoms with Gasteiger partial charge in [0.1, 0.15) is 0 Å². The first-order valence-corrected chi connectivity index (χ1v) is 8.73. The zero-order valence-corrected chi connectivity index (χ0v) is 11.4. The van der Waals surface area contributed by atoms with Crippen molar-refractivity contribution in [3.63, 3.8) is 0 Å². The zero-order chi connectivity index (χ0) is 11.9. The first-order chi connectivity index (χ1) is 7.67. The number of rotatable bonds is 4. The molecule has 1 nitrogen and oxygen atoms in total. The summed E-state index contributed by atoms with van der Waals surface area (Å²) >= 11 is 0. The quantitative estimate of drug-likeness (QED) is 0.573. The molecule has 86 valence electrons. The average Bonchev–Trinajstić information content (AvgIpc) is 2.30. The molecule has 0 N–H and O–H groups in total. The highest BCUT2D eigenvalue weighted by Gasteiger charge is 2.24. The monoisotopic (exact) mass is 232 g/mol. The molecule has 2 heteroatoms. The molecular formula is C14H20OSi. The molecule has 0 radical (unpaired) electrons. The smallest absolute Gasteiger partial charge is 0.219 e. The molecule has 0 spiro atoms. The lowest BCUT2D eigenvalue weighted by molar-refractivity contribution is 0.370. The van der Waals surface area contributed by atoms with Gasteiger partial charge in [0.15, 0.2) is 0 Å². The fourth-order valence-electron chi connectivity index (χ4n) is 1.40. The lowest BCUT2D eigenvalue weighted by Crippen LogP contribution is -2.44. The fourth-order valence-corrected chi connectivity index (χ4v) is 3.00. The van der Waals surface area contributed by atoms with E-state index in [1.54, 1.807) is 0 Å². The Morgan fingerprint density at radius 3 is 2.44 bits per heavy atom. The number of benzene rings is 1. The predicted octanol–water partition coefficient (Wildman–Crippen LogP) is 2.92. The summed E-state index contributed by atoms with van der Waals surface area (Å²) < 4.78 is 5.93. The fraction of sp³-hybridized carbons (Fsp3) is 0.429. The first kappa shape index (κ1) is 13.0. The van der Waals surface area contributed by atoms with Gasteiger partial charge in [-0.05, 0) is 24.7 Å². The van der Waals surface area contributed by atoms with Crippen LogP contribution in [0.4, 0.5) is 0 Å². The summed E-state index contributed by atoms with van der Waals surface area (Å²) in [6.45, 7) is 7.12. The second kappa shape index (κ2) is 6.52. The van der Waals surface area contributed by atoms with Crippen molar-refractivity contribution >= 4 is 13.5 Å². The molecule has 0 saturated heterocycles. The van der Waals surface area contributed by atoms with Gasteiger partial charge in [0.2, 0.25) is 8.32 Å². The minimum absolute atomic E-state index is 0.564. The van der Waals surface area contributed by atoms with Crippen LogP contribution >= 0.6 is 0 Å².